The molecule has 0 amide bonds. The number of hydrogen-bond acceptors (Lipinski definition) is 1. The first-order valence-corrected chi connectivity index (χ1v) is 7.78. The van der Waals surface area contributed by atoms with Crippen LogP contribution in [-0.4, -0.2) is 24.5 Å². The third kappa shape index (κ3) is 5.19. The van der Waals surface area contributed by atoms with E-state index in [1.54, 1.807) is 0 Å². The molecular formula is C17H27IN4. The van der Waals surface area contributed by atoms with Crippen LogP contribution in [0, 0.1) is 5.92 Å². The van der Waals surface area contributed by atoms with Gasteiger partial charge in [-0.3, -0.25) is 4.99 Å². The molecule has 4 nitrogen and oxygen atoms in total. The Morgan fingerprint density at radius 2 is 1.91 bits per heavy atom. The fraction of sp³-hybridized carbons (Fsp3) is 0.471. The van der Waals surface area contributed by atoms with Crippen molar-refractivity contribution < 1.29 is 0 Å². The van der Waals surface area contributed by atoms with Gasteiger partial charge in [-0.2, -0.15) is 0 Å². The van der Waals surface area contributed by atoms with Gasteiger partial charge in [0.15, 0.2) is 5.96 Å². The number of H-pyrrole nitrogens is 1. The van der Waals surface area contributed by atoms with E-state index in [1.807, 2.05) is 13.1 Å². The van der Waals surface area contributed by atoms with Crippen LogP contribution >= 0.6 is 24.0 Å². The molecule has 0 fully saturated rings. The molecular weight excluding hydrogens is 387 g/mol. The van der Waals surface area contributed by atoms with Crippen molar-refractivity contribution in [3.8, 4) is 0 Å². The molecule has 5 heteroatoms. The van der Waals surface area contributed by atoms with E-state index in [2.05, 4.69) is 58.7 Å². The van der Waals surface area contributed by atoms with E-state index in [9.17, 15) is 0 Å². The second kappa shape index (κ2) is 9.71. The van der Waals surface area contributed by atoms with Gasteiger partial charge in [0.25, 0.3) is 0 Å². The van der Waals surface area contributed by atoms with Crippen molar-refractivity contribution in [2.24, 2.45) is 10.9 Å². The molecule has 0 unspecified atom stereocenters. The monoisotopic (exact) mass is 414 g/mol. The van der Waals surface area contributed by atoms with Crippen molar-refractivity contribution in [1.29, 1.82) is 0 Å². The topological polar surface area (TPSA) is 52.2 Å². The largest absolute Gasteiger partial charge is 0.357 e. The minimum Gasteiger partial charge on any atom is -0.357 e. The summed E-state index contributed by atoms with van der Waals surface area (Å²) in [5.41, 5.74) is 2.34. The number of guanidine groups is 1. The van der Waals surface area contributed by atoms with Gasteiger partial charge in [0.2, 0.25) is 0 Å². The smallest absolute Gasteiger partial charge is 0.191 e. The molecule has 22 heavy (non-hydrogen) atoms. The van der Waals surface area contributed by atoms with Gasteiger partial charge in [0.05, 0.1) is 6.54 Å². The lowest BCUT2D eigenvalue weighted by atomic mass is 10.0. The Labute approximate surface area is 150 Å². The highest BCUT2D eigenvalue weighted by atomic mass is 127. The summed E-state index contributed by atoms with van der Waals surface area (Å²) in [6.45, 7) is 6.18. The van der Waals surface area contributed by atoms with Crippen LogP contribution in [0.25, 0.3) is 10.9 Å². The highest BCUT2D eigenvalue weighted by molar-refractivity contribution is 14.0. The maximum absolute atomic E-state index is 4.28. The summed E-state index contributed by atoms with van der Waals surface area (Å²) in [4.78, 5) is 7.70. The van der Waals surface area contributed by atoms with E-state index in [-0.39, 0.29) is 24.0 Å². The van der Waals surface area contributed by atoms with Crippen molar-refractivity contribution in [3.63, 3.8) is 0 Å². The molecule has 2 aromatic rings. The molecule has 0 spiro atoms. The molecule has 1 aromatic heterocycles. The molecule has 3 N–H and O–H groups in total. The standard InChI is InChI=1S/C17H26N4.HI/c1-4-13(5-2)11-19-17(18-3)20-12-15-10-14-8-6-7-9-16(14)21-15;/h6-10,13,21H,4-5,11-12H2,1-3H3,(H2,18,19,20);1H. The van der Waals surface area contributed by atoms with Crippen molar-refractivity contribution in [2.45, 2.75) is 33.2 Å². The average molecular weight is 414 g/mol. The third-order valence-corrected chi connectivity index (χ3v) is 3.97. The van der Waals surface area contributed by atoms with Crippen molar-refractivity contribution in [2.75, 3.05) is 13.6 Å². The Morgan fingerprint density at radius 3 is 2.55 bits per heavy atom. The minimum atomic E-state index is 0. The fourth-order valence-electron chi connectivity index (χ4n) is 2.45. The van der Waals surface area contributed by atoms with Crippen LogP contribution in [-0.2, 0) is 6.54 Å². The van der Waals surface area contributed by atoms with Gasteiger partial charge in [-0.25, -0.2) is 0 Å². The Balaban J connectivity index is 0.00000242. The average Bonchev–Trinajstić information content (AvgIpc) is 2.94. The third-order valence-electron chi connectivity index (χ3n) is 3.97. The van der Waals surface area contributed by atoms with Crippen molar-refractivity contribution in [1.82, 2.24) is 15.6 Å². The van der Waals surface area contributed by atoms with Crippen LogP contribution < -0.4 is 10.6 Å². The summed E-state index contributed by atoms with van der Waals surface area (Å²) >= 11 is 0. The summed E-state index contributed by atoms with van der Waals surface area (Å²) in [7, 11) is 1.81. The minimum absolute atomic E-state index is 0. The Kier molecular flexibility index (Phi) is 8.30. The Bertz CT molecular complexity index is 554. The number of aliphatic imine (C=N–C) groups is 1. The van der Waals surface area contributed by atoms with Crippen molar-refractivity contribution in [3.05, 3.63) is 36.0 Å². The lowest BCUT2D eigenvalue weighted by Gasteiger charge is -2.16. The number of fused-ring (bicyclic) bond motifs is 1. The highest BCUT2D eigenvalue weighted by Gasteiger charge is 2.05. The molecule has 0 saturated heterocycles. The molecule has 2 rings (SSSR count). The zero-order chi connectivity index (χ0) is 15.1. The number of aromatic nitrogens is 1. The van der Waals surface area contributed by atoms with Gasteiger partial charge in [-0.15, -0.1) is 24.0 Å². The summed E-state index contributed by atoms with van der Waals surface area (Å²) in [5, 5.41) is 8.00. The van der Waals surface area contributed by atoms with Gasteiger partial charge in [-0.05, 0) is 23.4 Å². The van der Waals surface area contributed by atoms with Gasteiger partial charge < -0.3 is 15.6 Å². The zero-order valence-electron chi connectivity index (χ0n) is 13.6. The van der Waals surface area contributed by atoms with Gasteiger partial charge >= 0.3 is 0 Å². The number of nitrogens with one attached hydrogen (secondary N) is 3. The van der Waals surface area contributed by atoms with Gasteiger partial charge in [-0.1, -0.05) is 44.9 Å². The zero-order valence-corrected chi connectivity index (χ0v) is 16.0. The fourth-order valence-corrected chi connectivity index (χ4v) is 2.45. The van der Waals surface area contributed by atoms with E-state index in [4.69, 9.17) is 0 Å². The second-order valence-corrected chi connectivity index (χ2v) is 5.37. The molecule has 1 aromatic carbocycles. The maximum Gasteiger partial charge on any atom is 0.191 e. The molecule has 0 radical (unpaired) electrons. The normalized spacial score (nSPS) is 11.5. The quantitative estimate of drug-likeness (QED) is 0.382. The molecule has 0 saturated carbocycles. The van der Waals surface area contributed by atoms with E-state index < -0.39 is 0 Å². The number of benzene rings is 1. The van der Waals surface area contributed by atoms with Crippen LogP contribution in [0.15, 0.2) is 35.3 Å². The van der Waals surface area contributed by atoms with E-state index in [0.717, 1.165) is 19.0 Å². The lowest BCUT2D eigenvalue weighted by Crippen LogP contribution is -2.39. The van der Waals surface area contributed by atoms with E-state index in [1.165, 1.54) is 29.4 Å². The van der Waals surface area contributed by atoms with Crippen LogP contribution in [0.1, 0.15) is 32.4 Å². The first-order chi connectivity index (χ1) is 10.3. The summed E-state index contributed by atoms with van der Waals surface area (Å²) < 4.78 is 0. The lowest BCUT2D eigenvalue weighted by molar-refractivity contribution is 0.481. The number of nitrogens with zero attached hydrogens (tertiary/aromatic N) is 1. The summed E-state index contributed by atoms with van der Waals surface area (Å²) in [6.07, 6.45) is 2.39. The van der Waals surface area contributed by atoms with Crippen LogP contribution in [0.4, 0.5) is 0 Å². The number of aromatic amines is 1. The van der Waals surface area contributed by atoms with Crippen LogP contribution in [0.5, 0.6) is 0 Å². The number of para-hydroxylation sites is 1. The molecule has 0 aliphatic rings. The van der Waals surface area contributed by atoms with Crippen LogP contribution in [0.2, 0.25) is 0 Å². The Hall–Kier alpha value is -1.24. The molecule has 122 valence electrons. The number of halogens is 1. The van der Waals surface area contributed by atoms with Gasteiger partial charge in [0, 0.05) is 24.8 Å². The van der Waals surface area contributed by atoms with E-state index >= 15 is 0 Å². The molecule has 1 heterocycles. The molecule has 0 atom stereocenters. The predicted octanol–water partition coefficient (Wildman–Crippen LogP) is 3.89. The van der Waals surface area contributed by atoms with Crippen LogP contribution in [0.3, 0.4) is 0 Å². The summed E-state index contributed by atoms with van der Waals surface area (Å²) in [6, 6.07) is 10.5. The highest BCUT2D eigenvalue weighted by Crippen LogP contribution is 2.14. The summed E-state index contributed by atoms with van der Waals surface area (Å²) in [5.74, 6) is 1.57. The number of hydrogen-bond donors (Lipinski definition) is 3. The first kappa shape index (κ1) is 18.8. The first-order valence-electron chi connectivity index (χ1n) is 7.78. The molecule has 0 aliphatic heterocycles. The maximum atomic E-state index is 4.28. The number of rotatable bonds is 6. The SMILES string of the molecule is CCC(CC)CNC(=NC)NCc1cc2ccccc2[nH]1.I. The van der Waals surface area contributed by atoms with E-state index in [0.29, 0.717) is 5.92 Å². The molecule has 0 bridgehead atoms. The van der Waals surface area contributed by atoms with Crippen molar-refractivity contribution >= 4 is 40.8 Å². The molecule has 0 aliphatic carbocycles. The Morgan fingerprint density at radius 1 is 1.18 bits per heavy atom. The second-order valence-electron chi connectivity index (χ2n) is 5.37. The van der Waals surface area contributed by atoms with Gasteiger partial charge in [0.1, 0.15) is 0 Å². The predicted molar refractivity (Wildman–Crippen MR) is 106 cm³/mol.